The van der Waals surface area contributed by atoms with Gasteiger partial charge in [-0.1, -0.05) is 18.2 Å². The van der Waals surface area contributed by atoms with Crippen LogP contribution in [0, 0.1) is 6.92 Å². The highest BCUT2D eigenvalue weighted by molar-refractivity contribution is 5.81. The highest BCUT2D eigenvalue weighted by Crippen LogP contribution is 2.18. The Balaban J connectivity index is 2.02. The van der Waals surface area contributed by atoms with Crippen molar-refractivity contribution in [3.05, 3.63) is 47.7 Å². The monoisotopic (exact) mass is 233 g/mol. The van der Waals surface area contributed by atoms with Crippen LogP contribution in [0.4, 0.5) is 0 Å². The van der Waals surface area contributed by atoms with Crippen LogP contribution in [0.3, 0.4) is 0 Å². The molecule has 1 heterocycles. The molecule has 5 heteroatoms. The molecule has 0 unspecified atom stereocenters. The molecule has 0 spiro atoms. The fourth-order valence-electron chi connectivity index (χ4n) is 1.34. The molecule has 0 saturated carbocycles. The lowest BCUT2D eigenvalue weighted by Crippen LogP contribution is -1.96. The van der Waals surface area contributed by atoms with E-state index in [1.165, 1.54) is 6.20 Å². The Hall–Kier alpha value is -2.30. The number of hydrogen-bond acceptors (Lipinski definition) is 4. The minimum Gasteiger partial charge on any atom is -0.485 e. The predicted molar refractivity (Wildman–Crippen MR) is 59.0 cm³/mol. The SMILES string of the molecule is Cc1ccccc1OCc1cnc(C(=O)O)o1. The van der Waals surface area contributed by atoms with Gasteiger partial charge >= 0.3 is 11.9 Å². The second kappa shape index (κ2) is 4.69. The molecule has 2 aromatic rings. The molecule has 0 amide bonds. The second-order valence-electron chi connectivity index (χ2n) is 3.49. The fourth-order valence-corrected chi connectivity index (χ4v) is 1.34. The largest absolute Gasteiger partial charge is 0.485 e. The standard InChI is InChI=1S/C12H11NO4/c1-8-4-2-3-5-10(8)16-7-9-6-13-11(17-9)12(14)15/h2-6H,7H2,1H3,(H,14,15). The third-order valence-corrected chi connectivity index (χ3v) is 2.20. The van der Waals surface area contributed by atoms with Gasteiger partial charge in [-0.2, -0.15) is 0 Å². The van der Waals surface area contributed by atoms with Gasteiger partial charge in [0.25, 0.3) is 0 Å². The van der Waals surface area contributed by atoms with E-state index in [0.29, 0.717) is 5.76 Å². The number of carboxylic acids is 1. The van der Waals surface area contributed by atoms with Gasteiger partial charge in [-0.15, -0.1) is 0 Å². The second-order valence-corrected chi connectivity index (χ2v) is 3.49. The van der Waals surface area contributed by atoms with Crippen molar-refractivity contribution in [1.29, 1.82) is 0 Å². The van der Waals surface area contributed by atoms with Gasteiger partial charge in [-0.05, 0) is 18.6 Å². The van der Waals surface area contributed by atoms with E-state index in [0.717, 1.165) is 11.3 Å². The Morgan fingerprint density at radius 2 is 2.24 bits per heavy atom. The van der Waals surface area contributed by atoms with Crippen molar-refractivity contribution in [2.24, 2.45) is 0 Å². The van der Waals surface area contributed by atoms with Crippen molar-refractivity contribution in [3.63, 3.8) is 0 Å². The number of hydrogen-bond donors (Lipinski definition) is 1. The van der Waals surface area contributed by atoms with E-state index in [2.05, 4.69) is 4.98 Å². The maximum absolute atomic E-state index is 10.5. The molecular weight excluding hydrogens is 222 g/mol. The van der Waals surface area contributed by atoms with E-state index in [1.54, 1.807) is 0 Å². The average molecular weight is 233 g/mol. The summed E-state index contributed by atoms with van der Waals surface area (Å²) < 4.78 is 10.5. The first-order chi connectivity index (χ1) is 8.16. The van der Waals surface area contributed by atoms with E-state index < -0.39 is 5.97 Å². The van der Waals surface area contributed by atoms with Crippen LogP contribution >= 0.6 is 0 Å². The maximum atomic E-state index is 10.5. The summed E-state index contributed by atoms with van der Waals surface area (Å²) >= 11 is 0. The molecular formula is C12H11NO4. The first kappa shape index (κ1) is 11.2. The van der Waals surface area contributed by atoms with Crippen molar-refractivity contribution in [3.8, 4) is 5.75 Å². The van der Waals surface area contributed by atoms with Crippen LogP contribution in [-0.4, -0.2) is 16.1 Å². The van der Waals surface area contributed by atoms with Gasteiger partial charge in [0, 0.05) is 0 Å². The molecule has 0 aliphatic heterocycles. The molecule has 2 rings (SSSR count). The number of ether oxygens (including phenoxy) is 1. The number of rotatable bonds is 4. The molecule has 1 aromatic heterocycles. The van der Waals surface area contributed by atoms with Gasteiger partial charge in [-0.25, -0.2) is 9.78 Å². The number of oxazole rings is 1. The normalized spacial score (nSPS) is 10.2. The summed E-state index contributed by atoms with van der Waals surface area (Å²) in [5, 5.41) is 8.63. The van der Waals surface area contributed by atoms with Crippen LogP contribution in [0.25, 0.3) is 0 Å². The number of aromatic carboxylic acids is 1. The molecule has 0 fully saturated rings. The first-order valence-electron chi connectivity index (χ1n) is 5.03. The van der Waals surface area contributed by atoms with E-state index in [4.69, 9.17) is 14.3 Å². The number of aromatic nitrogens is 1. The average Bonchev–Trinajstić information content (AvgIpc) is 2.77. The van der Waals surface area contributed by atoms with E-state index in [9.17, 15) is 4.79 Å². The van der Waals surface area contributed by atoms with Crippen molar-refractivity contribution in [1.82, 2.24) is 4.98 Å². The molecule has 1 N–H and O–H groups in total. The Kier molecular flexibility index (Phi) is 3.09. The predicted octanol–water partition coefficient (Wildman–Crippen LogP) is 2.26. The molecule has 1 aromatic carbocycles. The van der Waals surface area contributed by atoms with Crippen LogP contribution in [0.1, 0.15) is 22.0 Å². The van der Waals surface area contributed by atoms with E-state index in [1.807, 2.05) is 31.2 Å². The van der Waals surface area contributed by atoms with Crippen LogP contribution in [0.2, 0.25) is 0 Å². The van der Waals surface area contributed by atoms with E-state index in [-0.39, 0.29) is 12.5 Å². The molecule has 88 valence electrons. The Bertz CT molecular complexity index is 533. The summed E-state index contributed by atoms with van der Waals surface area (Å²) in [6.07, 6.45) is 1.35. The zero-order valence-corrected chi connectivity index (χ0v) is 9.21. The highest BCUT2D eigenvalue weighted by atomic mass is 16.5. The summed E-state index contributed by atoms with van der Waals surface area (Å²) in [4.78, 5) is 14.1. The summed E-state index contributed by atoms with van der Waals surface area (Å²) in [6, 6.07) is 7.55. The number of carboxylic acid groups (broad SMARTS) is 1. The topological polar surface area (TPSA) is 72.6 Å². The molecule has 0 aliphatic carbocycles. The zero-order chi connectivity index (χ0) is 12.3. The zero-order valence-electron chi connectivity index (χ0n) is 9.21. The minimum atomic E-state index is -1.19. The molecule has 0 saturated heterocycles. The summed E-state index contributed by atoms with van der Waals surface area (Å²) in [5.74, 6) is -0.396. The Morgan fingerprint density at radius 3 is 2.88 bits per heavy atom. The van der Waals surface area contributed by atoms with Gasteiger partial charge in [0.05, 0.1) is 6.20 Å². The van der Waals surface area contributed by atoms with Gasteiger partial charge in [-0.3, -0.25) is 0 Å². The quantitative estimate of drug-likeness (QED) is 0.876. The molecule has 0 atom stereocenters. The van der Waals surface area contributed by atoms with Crippen molar-refractivity contribution in [2.45, 2.75) is 13.5 Å². The number of aryl methyl sites for hydroxylation is 1. The van der Waals surface area contributed by atoms with Gasteiger partial charge in [0.2, 0.25) is 0 Å². The number of carbonyl (C=O) groups is 1. The Labute approximate surface area is 97.7 Å². The van der Waals surface area contributed by atoms with Crippen LogP contribution in [0.5, 0.6) is 5.75 Å². The van der Waals surface area contributed by atoms with Crippen LogP contribution in [-0.2, 0) is 6.61 Å². The molecule has 0 bridgehead atoms. The fraction of sp³-hybridized carbons (Fsp3) is 0.167. The van der Waals surface area contributed by atoms with Gasteiger partial charge < -0.3 is 14.3 Å². The molecule has 17 heavy (non-hydrogen) atoms. The van der Waals surface area contributed by atoms with Gasteiger partial charge in [0.1, 0.15) is 12.4 Å². The van der Waals surface area contributed by atoms with E-state index >= 15 is 0 Å². The van der Waals surface area contributed by atoms with Gasteiger partial charge in [0.15, 0.2) is 5.76 Å². The lowest BCUT2D eigenvalue weighted by Gasteiger charge is -2.06. The van der Waals surface area contributed by atoms with Crippen molar-refractivity contribution >= 4 is 5.97 Å². The lowest BCUT2D eigenvalue weighted by molar-refractivity contribution is 0.0649. The first-order valence-corrected chi connectivity index (χ1v) is 5.03. The third kappa shape index (κ3) is 2.63. The number of nitrogens with zero attached hydrogens (tertiary/aromatic N) is 1. The van der Waals surface area contributed by atoms with Crippen molar-refractivity contribution in [2.75, 3.05) is 0 Å². The summed E-state index contributed by atoms with van der Waals surface area (Å²) in [6.45, 7) is 2.09. The number of para-hydroxylation sites is 1. The molecule has 0 radical (unpaired) electrons. The summed E-state index contributed by atoms with van der Waals surface area (Å²) in [7, 11) is 0. The van der Waals surface area contributed by atoms with Crippen LogP contribution in [0.15, 0.2) is 34.9 Å². The Morgan fingerprint density at radius 1 is 1.47 bits per heavy atom. The maximum Gasteiger partial charge on any atom is 0.392 e. The smallest absolute Gasteiger partial charge is 0.392 e. The van der Waals surface area contributed by atoms with Crippen LogP contribution < -0.4 is 4.74 Å². The molecule has 0 aliphatic rings. The highest BCUT2D eigenvalue weighted by Gasteiger charge is 2.11. The van der Waals surface area contributed by atoms with Crippen molar-refractivity contribution < 1.29 is 19.1 Å². The molecule has 5 nitrogen and oxygen atoms in total. The minimum absolute atomic E-state index is 0.158. The lowest BCUT2D eigenvalue weighted by atomic mass is 10.2. The third-order valence-electron chi connectivity index (χ3n) is 2.20. The number of benzene rings is 1. The summed E-state index contributed by atoms with van der Waals surface area (Å²) in [5.41, 5.74) is 1.01.